The van der Waals surface area contributed by atoms with Crippen LogP contribution in [0.4, 0.5) is 0 Å². The molecule has 6 heteroatoms. The molecule has 0 saturated heterocycles. The number of hydrogen-bond acceptors (Lipinski definition) is 4. The zero-order chi connectivity index (χ0) is 20.3. The topological polar surface area (TPSA) is 40.6 Å². The first-order valence-electron chi connectivity index (χ1n) is 8.66. The second-order valence-electron chi connectivity index (χ2n) is 6.24. The van der Waals surface area contributed by atoms with Gasteiger partial charge in [-0.2, -0.15) is 0 Å². The smallest absolute Gasteiger partial charge is 0.203 e. The molecule has 0 spiro atoms. The van der Waals surface area contributed by atoms with Gasteiger partial charge in [-0.05, 0) is 24.1 Å². The predicted octanol–water partition coefficient (Wildman–Crippen LogP) is 5.90. The molecule has 0 aliphatic heterocycles. The van der Waals surface area contributed by atoms with Gasteiger partial charge < -0.3 is 14.2 Å². The number of aromatic nitrogens is 1. The first-order valence-corrected chi connectivity index (χ1v) is 9.42. The molecular formula is C22H21Cl2NO3. The Morgan fingerprint density at radius 3 is 1.96 bits per heavy atom. The summed E-state index contributed by atoms with van der Waals surface area (Å²) in [7, 11) is 4.79. The highest BCUT2D eigenvalue weighted by Gasteiger charge is 2.30. The highest BCUT2D eigenvalue weighted by Crippen LogP contribution is 2.50. The van der Waals surface area contributed by atoms with E-state index in [1.807, 2.05) is 43.3 Å². The average Bonchev–Trinajstić information content (AvgIpc) is 2.71. The fourth-order valence-electron chi connectivity index (χ4n) is 3.48. The maximum absolute atomic E-state index is 6.56. The van der Waals surface area contributed by atoms with Gasteiger partial charge >= 0.3 is 0 Å². The van der Waals surface area contributed by atoms with E-state index in [-0.39, 0.29) is 5.92 Å². The van der Waals surface area contributed by atoms with Crippen molar-refractivity contribution < 1.29 is 14.2 Å². The summed E-state index contributed by atoms with van der Waals surface area (Å²) >= 11 is 13.1. The van der Waals surface area contributed by atoms with Crippen LogP contribution in [0.1, 0.15) is 28.2 Å². The number of ether oxygens (including phenoxy) is 3. The van der Waals surface area contributed by atoms with Crippen molar-refractivity contribution in [2.45, 2.75) is 12.8 Å². The molecule has 0 radical (unpaired) electrons. The Hall–Kier alpha value is -2.43. The lowest BCUT2D eigenvalue weighted by atomic mass is 9.82. The van der Waals surface area contributed by atoms with Gasteiger partial charge in [-0.3, -0.25) is 4.98 Å². The van der Waals surface area contributed by atoms with Gasteiger partial charge in [0.1, 0.15) is 0 Å². The first kappa shape index (κ1) is 20.3. The Morgan fingerprint density at radius 2 is 1.43 bits per heavy atom. The van der Waals surface area contributed by atoms with Crippen molar-refractivity contribution in [3.8, 4) is 17.2 Å². The zero-order valence-electron chi connectivity index (χ0n) is 16.1. The largest absolute Gasteiger partial charge is 0.493 e. The molecular weight excluding hydrogens is 397 g/mol. The maximum Gasteiger partial charge on any atom is 0.203 e. The van der Waals surface area contributed by atoms with E-state index in [4.69, 9.17) is 37.4 Å². The van der Waals surface area contributed by atoms with Crippen molar-refractivity contribution in [1.29, 1.82) is 0 Å². The third-order valence-electron chi connectivity index (χ3n) is 4.68. The molecule has 0 saturated carbocycles. The van der Waals surface area contributed by atoms with Crippen LogP contribution in [0.15, 0.2) is 48.8 Å². The third kappa shape index (κ3) is 3.62. The molecule has 0 aliphatic carbocycles. The summed E-state index contributed by atoms with van der Waals surface area (Å²) in [4.78, 5) is 4.10. The lowest BCUT2D eigenvalue weighted by Crippen LogP contribution is -2.10. The molecule has 1 unspecified atom stereocenters. The Balaban J connectivity index is 2.41. The Morgan fingerprint density at radius 1 is 0.821 bits per heavy atom. The van der Waals surface area contributed by atoms with Crippen LogP contribution in [0.2, 0.25) is 10.0 Å². The molecule has 0 bridgehead atoms. The Bertz CT molecular complexity index is 957. The monoisotopic (exact) mass is 417 g/mol. The van der Waals surface area contributed by atoms with Crippen LogP contribution >= 0.6 is 23.2 Å². The minimum atomic E-state index is -0.279. The fraction of sp³-hybridized carbons (Fsp3) is 0.227. The van der Waals surface area contributed by atoms with Gasteiger partial charge in [0.05, 0.1) is 31.4 Å². The quantitative estimate of drug-likeness (QED) is 0.500. The number of rotatable bonds is 6. The van der Waals surface area contributed by atoms with Crippen molar-refractivity contribution in [1.82, 2.24) is 4.98 Å². The van der Waals surface area contributed by atoms with Crippen molar-refractivity contribution in [2.24, 2.45) is 0 Å². The predicted molar refractivity (Wildman–Crippen MR) is 112 cm³/mol. The second-order valence-corrected chi connectivity index (χ2v) is 7.05. The number of benzene rings is 2. The highest BCUT2D eigenvalue weighted by atomic mass is 35.5. The van der Waals surface area contributed by atoms with Gasteiger partial charge in [0.15, 0.2) is 11.5 Å². The normalized spacial score (nSPS) is 11.8. The van der Waals surface area contributed by atoms with Crippen molar-refractivity contribution in [3.63, 3.8) is 0 Å². The number of methoxy groups -OCH3 is 3. The third-order valence-corrected chi connectivity index (χ3v) is 5.28. The summed E-state index contributed by atoms with van der Waals surface area (Å²) in [6, 6.07) is 11.9. The molecule has 0 fully saturated rings. The molecule has 0 amide bonds. The standard InChI is InChI=1S/C22H21Cl2NO3/c1-13-10-17(26-2)21(27-3)22(28-4)18(13)19(14-8-6-5-7-9-14)20-15(23)11-25-12-16(20)24/h5-12,19H,1-4H3. The first-order chi connectivity index (χ1) is 13.5. The van der Waals surface area contributed by atoms with Crippen molar-refractivity contribution in [3.05, 3.63) is 81.1 Å². The average molecular weight is 418 g/mol. The molecule has 28 heavy (non-hydrogen) atoms. The fourth-order valence-corrected chi connectivity index (χ4v) is 4.06. The Labute approximate surface area is 175 Å². The van der Waals surface area contributed by atoms with Crippen molar-refractivity contribution in [2.75, 3.05) is 21.3 Å². The molecule has 3 aromatic rings. The minimum absolute atomic E-state index is 0.279. The van der Waals surface area contributed by atoms with Gasteiger partial charge in [-0.15, -0.1) is 0 Å². The van der Waals surface area contributed by atoms with Crippen LogP contribution in [0.25, 0.3) is 0 Å². The van der Waals surface area contributed by atoms with Gasteiger partial charge in [0.2, 0.25) is 5.75 Å². The van der Waals surface area contributed by atoms with Crippen LogP contribution in [0.5, 0.6) is 17.2 Å². The lowest BCUT2D eigenvalue weighted by Gasteiger charge is -2.26. The van der Waals surface area contributed by atoms with Crippen molar-refractivity contribution >= 4 is 23.2 Å². The molecule has 3 rings (SSSR count). The minimum Gasteiger partial charge on any atom is -0.493 e. The molecule has 1 atom stereocenters. The van der Waals surface area contributed by atoms with E-state index in [9.17, 15) is 0 Å². The van der Waals surface area contributed by atoms with Gasteiger partial charge in [-0.25, -0.2) is 0 Å². The van der Waals surface area contributed by atoms with E-state index in [2.05, 4.69) is 4.98 Å². The number of pyridine rings is 1. The zero-order valence-corrected chi connectivity index (χ0v) is 17.6. The number of hydrogen-bond donors (Lipinski definition) is 0. The number of nitrogens with zero attached hydrogens (tertiary/aromatic N) is 1. The highest BCUT2D eigenvalue weighted by molar-refractivity contribution is 6.36. The van der Waals surface area contributed by atoms with Crippen LogP contribution in [0.3, 0.4) is 0 Å². The van der Waals surface area contributed by atoms with Crippen LogP contribution in [-0.2, 0) is 0 Å². The van der Waals surface area contributed by atoms with Crippen LogP contribution < -0.4 is 14.2 Å². The maximum atomic E-state index is 6.56. The van der Waals surface area contributed by atoms with E-state index < -0.39 is 0 Å². The van der Waals surface area contributed by atoms with E-state index in [0.717, 1.165) is 22.3 Å². The van der Waals surface area contributed by atoms with E-state index in [0.29, 0.717) is 27.3 Å². The molecule has 0 N–H and O–H groups in total. The molecule has 4 nitrogen and oxygen atoms in total. The lowest BCUT2D eigenvalue weighted by molar-refractivity contribution is 0.321. The summed E-state index contributed by atoms with van der Waals surface area (Å²) in [5.41, 5.74) is 3.65. The summed E-state index contributed by atoms with van der Waals surface area (Å²) in [6.45, 7) is 2.00. The number of aryl methyl sites for hydroxylation is 1. The molecule has 2 aromatic carbocycles. The molecule has 0 aliphatic rings. The van der Waals surface area contributed by atoms with Crippen LogP contribution in [-0.4, -0.2) is 26.3 Å². The molecule has 1 aromatic heterocycles. The van der Waals surface area contributed by atoms with Gasteiger partial charge in [-0.1, -0.05) is 53.5 Å². The van der Waals surface area contributed by atoms with E-state index in [1.165, 1.54) is 0 Å². The van der Waals surface area contributed by atoms with Gasteiger partial charge in [0.25, 0.3) is 0 Å². The molecule has 146 valence electrons. The second kappa shape index (κ2) is 8.72. The Kier molecular flexibility index (Phi) is 6.32. The molecule has 1 heterocycles. The summed E-state index contributed by atoms with van der Waals surface area (Å²) in [5.74, 6) is 1.42. The SMILES string of the molecule is COc1cc(C)c(C(c2ccccc2)c2c(Cl)cncc2Cl)c(OC)c1OC. The van der Waals surface area contributed by atoms with Crippen LogP contribution in [0, 0.1) is 6.92 Å². The van der Waals surface area contributed by atoms with E-state index >= 15 is 0 Å². The van der Waals surface area contributed by atoms with Gasteiger partial charge in [0, 0.05) is 29.4 Å². The summed E-state index contributed by atoms with van der Waals surface area (Å²) in [6.07, 6.45) is 3.20. The summed E-state index contributed by atoms with van der Waals surface area (Å²) < 4.78 is 16.9. The summed E-state index contributed by atoms with van der Waals surface area (Å²) in [5, 5.41) is 0.968. The van der Waals surface area contributed by atoms with E-state index in [1.54, 1.807) is 33.7 Å². The number of halogens is 2.